The first kappa shape index (κ1) is 10.6. The average molecular weight is 178 g/mol. The SMILES string of the molecule is C=P(C)(C)C(C)P(=C)(C)C. The molecule has 0 unspecified atom stereocenters. The first-order valence-electron chi connectivity index (χ1n) is 3.52. The van der Waals surface area contributed by atoms with Crippen LogP contribution in [-0.2, 0) is 0 Å². The largest absolute Gasteiger partial charge is 0.111 e. The molecule has 0 heterocycles. The van der Waals surface area contributed by atoms with E-state index in [0.29, 0.717) is 0 Å². The third-order valence-corrected chi connectivity index (χ3v) is 9.82. The van der Waals surface area contributed by atoms with Crippen molar-refractivity contribution in [2.24, 2.45) is 0 Å². The highest BCUT2D eigenvalue weighted by molar-refractivity contribution is 7.89. The van der Waals surface area contributed by atoms with E-state index in [1.807, 2.05) is 0 Å². The fourth-order valence-electron chi connectivity index (χ4n) is 0.846. The fourth-order valence-corrected chi connectivity index (χ4v) is 7.62. The van der Waals surface area contributed by atoms with Crippen molar-refractivity contribution in [3.63, 3.8) is 0 Å². The van der Waals surface area contributed by atoms with Crippen molar-refractivity contribution >= 4 is 26.4 Å². The van der Waals surface area contributed by atoms with Gasteiger partial charge in [-0.15, -0.1) is 26.4 Å². The zero-order valence-corrected chi connectivity index (χ0v) is 9.67. The maximum absolute atomic E-state index is 4.24. The van der Waals surface area contributed by atoms with E-state index in [-0.39, 0.29) is 0 Å². The highest BCUT2D eigenvalue weighted by Crippen LogP contribution is 2.59. The van der Waals surface area contributed by atoms with Gasteiger partial charge < -0.3 is 0 Å². The normalized spacial score (nSPS) is 14.2. The smallest absolute Gasteiger partial charge is 0.00565 e. The van der Waals surface area contributed by atoms with Crippen molar-refractivity contribution in [3.05, 3.63) is 0 Å². The van der Waals surface area contributed by atoms with E-state index < -0.39 is 13.8 Å². The zero-order chi connectivity index (χ0) is 8.58. The van der Waals surface area contributed by atoms with E-state index in [9.17, 15) is 0 Å². The van der Waals surface area contributed by atoms with E-state index in [0.717, 1.165) is 5.40 Å². The summed E-state index contributed by atoms with van der Waals surface area (Å²) in [5.41, 5.74) is 0. The van der Waals surface area contributed by atoms with Crippen molar-refractivity contribution in [2.45, 2.75) is 12.3 Å². The Morgan fingerprint density at radius 1 is 0.900 bits per heavy atom. The van der Waals surface area contributed by atoms with E-state index >= 15 is 0 Å². The molecule has 0 bridgehead atoms. The summed E-state index contributed by atoms with van der Waals surface area (Å²) in [6.07, 6.45) is 8.47. The molecule has 0 saturated heterocycles. The molecule has 0 aliphatic carbocycles. The third-order valence-electron chi connectivity index (χ3n) is 2.02. The molecule has 0 aliphatic heterocycles. The van der Waals surface area contributed by atoms with Crippen molar-refractivity contribution in [1.82, 2.24) is 0 Å². The molecule has 0 spiro atoms. The Balaban J connectivity index is 4.56. The van der Waals surface area contributed by atoms with Gasteiger partial charge in [-0.2, -0.15) is 0 Å². The van der Waals surface area contributed by atoms with Crippen LogP contribution in [0.4, 0.5) is 0 Å². The van der Waals surface area contributed by atoms with Gasteiger partial charge in [0.15, 0.2) is 0 Å². The first-order valence-corrected chi connectivity index (χ1v) is 9.39. The minimum absolute atomic E-state index is 0.764. The van der Waals surface area contributed by atoms with Gasteiger partial charge in [-0.25, -0.2) is 0 Å². The van der Waals surface area contributed by atoms with E-state index in [1.54, 1.807) is 0 Å². The number of rotatable bonds is 2. The maximum atomic E-state index is 4.24. The molecule has 0 saturated carbocycles. The second kappa shape index (κ2) is 2.92. The van der Waals surface area contributed by atoms with Crippen LogP contribution in [0.3, 0.4) is 0 Å². The van der Waals surface area contributed by atoms with Gasteiger partial charge in [0.1, 0.15) is 0 Å². The predicted octanol–water partition coefficient (Wildman–Crippen LogP) is 2.75. The van der Waals surface area contributed by atoms with Crippen LogP contribution in [0.5, 0.6) is 0 Å². The van der Waals surface area contributed by atoms with E-state index in [1.165, 1.54) is 0 Å². The molecule has 0 N–H and O–H groups in total. The Kier molecular flexibility index (Phi) is 3.09. The Hall–Kier alpha value is 0.600. The van der Waals surface area contributed by atoms with Crippen LogP contribution < -0.4 is 0 Å². The second-order valence-corrected chi connectivity index (χ2v) is 13.3. The molecule has 0 aromatic heterocycles. The fraction of sp³-hybridized carbons (Fsp3) is 0.750. The second-order valence-electron chi connectivity index (χ2n) is 4.19. The van der Waals surface area contributed by atoms with Gasteiger partial charge in [-0.3, -0.25) is 0 Å². The summed E-state index contributed by atoms with van der Waals surface area (Å²) in [7, 11) is 0. The molecular weight excluding hydrogens is 158 g/mol. The Morgan fingerprint density at radius 2 is 1.10 bits per heavy atom. The molecule has 0 nitrogen and oxygen atoms in total. The lowest BCUT2D eigenvalue weighted by atomic mass is 11.0. The van der Waals surface area contributed by atoms with Crippen LogP contribution in [0.2, 0.25) is 0 Å². The molecule has 62 valence electrons. The minimum Gasteiger partial charge on any atom is -0.111 e. The summed E-state index contributed by atoms with van der Waals surface area (Å²) in [4.78, 5) is 0. The maximum Gasteiger partial charge on any atom is -0.00565 e. The van der Waals surface area contributed by atoms with Crippen molar-refractivity contribution < 1.29 is 0 Å². The minimum atomic E-state index is -0.891. The van der Waals surface area contributed by atoms with Crippen LogP contribution in [0.15, 0.2) is 0 Å². The molecule has 0 fully saturated rings. The van der Waals surface area contributed by atoms with Gasteiger partial charge in [0.2, 0.25) is 0 Å². The first-order chi connectivity index (χ1) is 4.15. The van der Waals surface area contributed by atoms with Gasteiger partial charge >= 0.3 is 0 Å². The Labute approximate surface area is 66.0 Å². The van der Waals surface area contributed by atoms with Crippen LogP contribution in [0, 0.1) is 0 Å². The summed E-state index contributed by atoms with van der Waals surface area (Å²) in [6.45, 7) is 9.71. The van der Waals surface area contributed by atoms with Gasteiger partial charge in [0, 0.05) is 0 Å². The molecule has 10 heavy (non-hydrogen) atoms. The van der Waals surface area contributed by atoms with Crippen molar-refractivity contribution in [2.75, 3.05) is 26.7 Å². The Bertz CT molecular complexity index is 169. The topological polar surface area (TPSA) is 0 Å². The van der Waals surface area contributed by atoms with Crippen LogP contribution in [-0.4, -0.2) is 44.7 Å². The summed E-state index contributed by atoms with van der Waals surface area (Å²) < 4.78 is 0. The number of hydrogen-bond donors (Lipinski definition) is 0. The van der Waals surface area contributed by atoms with Gasteiger partial charge in [0.25, 0.3) is 0 Å². The van der Waals surface area contributed by atoms with Crippen molar-refractivity contribution in [3.8, 4) is 0 Å². The highest BCUT2D eigenvalue weighted by atomic mass is 31.2. The predicted molar refractivity (Wildman–Crippen MR) is 61.2 cm³/mol. The molecule has 0 amide bonds. The standard InChI is InChI=1S/C8H20P2/c1-8(9(2,3)4)10(5,6)7/h8H,2,5H2,1,3-4,6-7H3. The quantitative estimate of drug-likeness (QED) is 0.570. The summed E-state index contributed by atoms with van der Waals surface area (Å²) in [5.74, 6) is 0. The zero-order valence-electron chi connectivity index (χ0n) is 7.89. The molecule has 0 radical (unpaired) electrons. The highest BCUT2D eigenvalue weighted by Gasteiger charge is 2.18. The molecular formula is C8H20P2. The van der Waals surface area contributed by atoms with E-state index in [4.69, 9.17) is 0 Å². The lowest BCUT2D eigenvalue weighted by molar-refractivity contribution is 1.36. The van der Waals surface area contributed by atoms with Crippen LogP contribution in [0.1, 0.15) is 6.92 Å². The van der Waals surface area contributed by atoms with E-state index in [2.05, 4.69) is 46.2 Å². The molecule has 2 heteroatoms. The Morgan fingerprint density at radius 3 is 1.10 bits per heavy atom. The molecule has 0 aromatic carbocycles. The number of hydrogen-bond acceptors (Lipinski definition) is 0. The van der Waals surface area contributed by atoms with Gasteiger partial charge in [-0.1, -0.05) is 6.92 Å². The van der Waals surface area contributed by atoms with Crippen LogP contribution >= 0.6 is 13.8 Å². The lowest BCUT2D eigenvalue weighted by Crippen LogP contribution is -2.01. The van der Waals surface area contributed by atoms with Crippen molar-refractivity contribution in [1.29, 1.82) is 0 Å². The lowest BCUT2D eigenvalue weighted by Gasteiger charge is -2.30. The average Bonchev–Trinajstić information content (AvgIpc) is 1.59. The summed E-state index contributed by atoms with van der Waals surface area (Å²) in [5, 5.41) is 0.764. The van der Waals surface area contributed by atoms with Gasteiger partial charge in [0.05, 0.1) is 0 Å². The summed E-state index contributed by atoms with van der Waals surface area (Å²) in [6, 6.07) is 0. The third kappa shape index (κ3) is 3.13. The molecule has 0 rings (SSSR count). The molecule has 0 aromatic rings. The summed E-state index contributed by atoms with van der Waals surface area (Å²) >= 11 is 0. The van der Waals surface area contributed by atoms with Crippen LogP contribution in [0.25, 0.3) is 0 Å². The monoisotopic (exact) mass is 178 g/mol. The molecule has 0 atom stereocenters. The molecule has 0 aliphatic rings. The van der Waals surface area contributed by atoms with Gasteiger partial charge in [-0.05, 0) is 32.1 Å².